The van der Waals surface area contributed by atoms with E-state index in [2.05, 4.69) is 4.98 Å². The van der Waals surface area contributed by atoms with Crippen LogP contribution >= 0.6 is 11.6 Å². The highest BCUT2D eigenvalue weighted by molar-refractivity contribution is 7.92. The fourth-order valence-electron chi connectivity index (χ4n) is 2.50. The summed E-state index contributed by atoms with van der Waals surface area (Å²) in [7, 11) is -3.93. The molecule has 3 unspecified atom stereocenters. The van der Waals surface area contributed by atoms with Crippen molar-refractivity contribution in [3.05, 3.63) is 23.4 Å². The molecule has 1 fully saturated rings. The number of sulfone groups is 1. The second-order valence-electron chi connectivity index (χ2n) is 5.48. The van der Waals surface area contributed by atoms with Crippen molar-refractivity contribution in [3.63, 3.8) is 0 Å². The quantitative estimate of drug-likeness (QED) is 0.829. The van der Waals surface area contributed by atoms with Crippen LogP contribution in [0.2, 0.25) is 5.02 Å². The summed E-state index contributed by atoms with van der Waals surface area (Å²) in [6.45, 7) is 5.82. The van der Waals surface area contributed by atoms with E-state index < -0.39 is 21.0 Å². The fourth-order valence-corrected chi connectivity index (χ4v) is 4.24. The first-order chi connectivity index (χ1) is 10.2. The highest BCUT2D eigenvalue weighted by atomic mass is 35.5. The Hall–Kier alpha value is -1.18. The summed E-state index contributed by atoms with van der Waals surface area (Å²) >= 11 is 5.90. The van der Waals surface area contributed by atoms with Gasteiger partial charge in [-0.2, -0.15) is 0 Å². The summed E-state index contributed by atoms with van der Waals surface area (Å²) in [6.07, 6.45) is 1.09. The molecule has 2 rings (SSSR count). The van der Waals surface area contributed by atoms with E-state index in [0.717, 1.165) is 0 Å². The molecule has 1 saturated heterocycles. The molecule has 2 heterocycles. The topological polar surface area (TPSA) is 76.6 Å². The highest BCUT2D eigenvalue weighted by Crippen LogP contribution is 2.24. The second kappa shape index (κ2) is 6.52. The third-order valence-electron chi connectivity index (χ3n) is 3.54. The van der Waals surface area contributed by atoms with Crippen LogP contribution < -0.4 is 0 Å². The minimum absolute atomic E-state index is 0.0193. The normalized spacial score (nSPS) is 24.1. The SMILES string of the molecule is CC1CN(C(=O)C(C)S(=O)(=O)c2ncccc2Cl)CC(C)O1. The van der Waals surface area contributed by atoms with Crippen LogP contribution in [0.3, 0.4) is 0 Å². The summed E-state index contributed by atoms with van der Waals surface area (Å²) in [6, 6.07) is 2.98. The Morgan fingerprint density at radius 3 is 2.55 bits per heavy atom. The van der Waals surface area contributed by atoms with Crippen molar-refractivity contribution in [1.82, 2.24) is 9.88 Å². The van der Waals surface area contributed by atoms with Gasteiger partial charge < -0.3 is 9.64 Å². The van der Waals surface area contributed by atoms with Gasteiger partial charge in [0, 0.05) is 19.3 Å². The van der Waals surface area contributed by atoms with Crippen molar-refractivity contribution in [1.29, 1.82) is 0 Å². The van der Waals surface area contributed by atoms with Crippen molar-refractivity contribution < 1.29 is 17.9 Å². The average Bonchev–Trinajstić information content (AvgIpc) is 2.44. The predicted molar refractivity (Wildman–Crippen MR) is 82.5 cm³/mol. The third kappa shape index (κ3) is 3.42. The van der Waals surface area contributed by atoms with E-state index in [1.54, 1.807) is 6.07 Å². The summed E-state index contributed by atoms with van der Waals surface area (Å²) < 4.78 is 30.7. The van der Waals surface area contributed by atoms with Gasteiger partial charge in [-0.25, -0.2) is 13.4 Å². The smallest absolute Gasteiger partial charge is 0.241 e. The van der Waals surface area contributed by atoms with Gasteiger partial charge in [-0.1, -0.05) is 11.6 Å². The number of carbonyl (C=O) groups excluding carboxylic acids is 1. The molecule has 8 heteroatoms. The van der Waals surface area contributed by atoms with Crippen LogP contribution in [0.25, 0.3) is 0 Å². The van der Waals surface area contributed by atoms with Crippen LogP contribution in [0.1, 0.15) is 20.8 Å². The lowest BCUT2D eigenvalue weighted by atomic mass is 10.2. The van der Waals surface area contributed by atoms with Crippen LogP contribution in [0.15, 0.2) is 23.4 Å². The number of morpholine rings is 1. The van der Waals surface area contributed by atoms with Gasteiger partial charge in [0.05, 0.1) is 17.2 Å². The van der Waals surface area contributed by atoms with Gasteiger partial charge in [-0.15, -0.1) is 0 Å². The zero-order valence-electron chi connectivity index (χ0n) is 12.7. The standard InChI is InChI=1S/C14H19ClN2O4S/c1-9-7-17(8-10(2)21-9)14(18)11(3)22(19,20)13-12(15)5-4-6-16-13/h4-6,9-11H,7-8H2,1-3H3. The average molecular weight is 347 g/mol. The lowest BCUT2D eigenvalue weighted by Crippen LogP contribution is -2.52. The molecule has 0 aromatic carbocycles. The Bertz CT molecular complexity index is 655. The highest BCUT2D eigenvalue weighted by Gasteiger charge is 2.37. The molecule has 0 saturated carbocycles. The molecule has 1 aromatic rings. The number of ether oxygens (including phenoxy) is 1. The van der Waals surface area contributed by atoms with E-state index in [4.69, 9.17) is 16.3 Å². The summed E-state index contributed by atoms with van der Waals surface area (Å²) in [4.78, 5) is 17.9. The number of pyridine rings is 1. The van der Waals surface area contributed by atoms with Gasteiger partial charge in [-0.05, 0) is 32.9 Å². The molecule has 0 N–H and O–H groups in total. The van der Waals surface area contributed by atoms with Crippen molar-refractivity contribution in [3.8, 4) is 0 Å². The number of hydrogen-bond donors (Lipinski definition) is 0. The minimum atomic E-state index is -3.93. The number of carbonyl (C=O) groups is 1. The minimum Gasteiger partial charge on any atom is -0.372 e. The van der Waals surface area contributed by atoms with E-state index in [1.807, 2.05) is 13.8 Å². The van der Waals surface area contributed by atoms with Crippen molar-refractivity contribution in [2.24, 2.45) is 0 Å². The van der Waals surface area contributed by atoms with Crippen LogP contribution in [-0.2, 0) is 19.4 Å². The van der Waals surface area contributed by atoms with Gasteiger partial charge in [0.15, 0.2) is 5.03 Å². The van der Waals surface area contributed by atoms with Crippen LogP contribution in [-0.4, -0.2) is 54.8 Å². The molecule has 0 aliphatic carbocycles. The lowest BCUT2D eigenvalue weighted by molar-refractivity contribution is -0.142. The number of amides is 1. The molecule has 1 aliphatic rings. The molecule has 0 spiro atoms. The zero-order chi connectivity index (χ0) is 16.5. The van der Waals surface area contributed by atoms with Crippen LogP contribution in [0.4, 0.5) is 0 Å². The van der Waals surface area contributed by atoms with Crippen molar-refractivity contribution >= 4 is 27.3 Å². The van der Waals surface area contributed by atoms with Gasteiger partial charge in [-0.3, -0.25) is 4.79 Å². The molecule has 6 nitrogen and oxygen atoms in total. The number of aromatic nitrogens is 1. The first kappa shape index (κ1) is 17.2. The first-order valence-corrected chi connectivity index (χ1v) is 8.94. The lowest BCUT2D eigenvalue weighted by Gasteiger charge is -2.36. The van der Waals surface area contributed by atoms with E-state index in [0.29, 0.717) is 13.1 Å². The summed E-state index contributed by atoms with van der Waals surface area (Å²) in [5, 5.41) is -1.48. The van der Waals surface area contributed by atoms with Crippen molar-refractivity contribution in [2.45, 2.75) is 43.3 Å². The zero-order valence-corrected chi connectivity index (χ0v) is 14.3. The number of nitrogens with zero attached hydrogens (tertiary/aromatic N) is 2. The first-order valence-electron chi connectivity index (χ1n) is 7.02. The Kier molecular flexibility index (Phi) is 5.09. The molecule has 122 valence electrons. The Labute approximate surface area is 135 Å². The number of hydrogen-bond acceptors (Lipinski definition) is 5. The Balaban J connectivity index is 2.25. The monoisotopic (exact) mass is 346 g/mol. The molecule has 1 aliphatic heterocycles. The Morgan fingerprint density at radius 2 is 2.00 bits per heavy atom. The maximum atomic E-state index is 12.6. The Morgan fingerprint density at radius 1 is 1.41 bits per heavy atom. The molecule has 1 amide bonds. The van der Waals surface area contributed by atoms with Gasteiger partial charge >= 0.3 is 0 Å². The fraction of sp³-hybridized carbons (Fsp3) is 0.571. The van der Waals surface area contributed by atoms with Crippen LogP contribution in [0, 0.1) is 0 Å². The van der Waals surface area contributed by atoms with E-state index in [1.165, 1.54) is 24.1 Å². The van der Waals surface area contributed by atoms with E-state index in [9.17, 15) is 13.2 Å². The molecule has 0 radical (unpaired) electrons. The number of rotatable bonds is 3. The van der Waals surface area contributed by atoms with E-state index >= 15 is 0 Å². The van der Waals surface area contributed by atoms with E-state index in [-0.39, 0.29) is 22.3 Å². The maximum absolute atomic E-state index is 12.6. The van der Waals surface area contributed by atoms with Gasteiger partial charge in [0.2, 0.25) is 15.7 Å². The van der Waals surface area contributed by atoms with Gasteiger partial charge in [0.25, 0.3) is 0 Å². The molecular formula is C14H19ClN2O4S. The van der Waals surface area contributed by atoms with Crippen LogP contribution in [0.5, 0.6) is 0 Å². The molecule has 1 aromatic heterocycles. The number of halogens is 1. The largest absolute Gasteiger partial charge is 0.372 e. The summed E-state index contributed by atoms with van der Waals surface area (Å²) in [5.74, 6) is -0.455. The van der Waals surface area contributed by atoms with Crippen molar-refractivity contribution in [2.75, 3.05) is 13.1 Å². The third-order valence-corrected chi connectivity index (χ3v) is 5.95. The predicted octanol–water partition coefficient (Wildman–Crippen LogP) is 1.53. The molecular weight excluding hydrogens is 328 g/mol. The molecule has 0 bridgehead atoms. The second-order valence-corrected chi connectivity index (χ2v) is 8.07. The van der Waals surface area contributed by atoms with Gasteiger partial charge in [0.1, 0.15) is 5.25 Å². The molecule has 3 atom stereocenters. The maximum Gasteiger partial charge on any atom is 0.241 e. The summed E-state index contributed by atoms with van der Waals surface area (Å²) in [5.41, 5.74) is 0. The molecule has 22 heavy (non-hydrogen) atoms.